The van der Waals surface area contributed by atoms with Crippen molar-refractivity contribution in [3.8, 4) is 17.0 Å². The smallest absolute Gasteiger partial charge is 0.188 e. The van der Waals surface area contributed by atoms with E-state index >= 15 is 0 Å². The van der Waals surface area contributed by atoms with E-state index < -0.39 is 17.9 Å². The standard InChI is InChI=1S/C21H19NO5/c1-26-15-9-12(23)8-13-17(15)21(25)19-18(20(13)24)16(27-2)10-14(22-19)11-6-4-3-5-7-11/h3-7,10,13,15,17H,8-9H2,1-2H3/t13-,15+,17-/m1/s1. The maximum absolute atomic E-state index is 13.3. The number of pyridine rings is 1. The van der Waals surface area contributed by atoms with E-state index in [2.05, 4.69) is 4.98 Å². The summed E-state index contributed by atoms with van der Waals surface area (Å²) in [5.41, 5.74) is 1.67. The van der Waals surface area contributed by atoms with Gasteiger partial charge in [0.25, 0.3) is 0 Å². The third-order valence-electron chi connectivity index (χ3n) is 5.41. The first-order chi connectivity index (χ1) is 13.0. The van der Waals surface area contributed by atoms with Gasteiger partial charge in [-0.15, -0.1) is 0 Å². The molecule has 27 heavy (non-hydrogen) atoms. The summed E-state index contributed by atoms with van der Waals surface area (Å²) in [4.78, 5) is 43.0. The van der Waals surface area contributed by atoms with Crippen LogP contribution in [0.2, 0.25) is 0 Å². The number of aromatic nitrogens is 1. The lowest BCUT2D eigenvalue weighted by molar-refractivity contribution is -0.127. The van der Waals surface area contributed by atoms with Crippen LogP contribution in [-0.4, -0.2) is 42.7 Å². The first-order valence-corrected chi connectivity index (χ1v) is 8.82. The summed E-state index contributed by atoms with van der Waals surface area (Å²) in [6, 6.07) is 11.1. The fourth-order valence-electron chi connectivity index (χ4n) is 4.10. The molecule has 6 nitrogen and oxygen atoms in total. The highest BCUT2D eigenvalue weighted by atomic mass is 16.5. The summed E-state index contributed by atoms with van der Waals surface area (Å²) < 4.78 is 10.8. The van der Waals surface area contributed by atoms with Crippen LogP contribution in [0.1, 0.15) is 33.7 Å². The zero-order valence-electron chi connectivity index (χ0n) is 15.1. The second kappa shape index (κ2) is 6.70. The Hall–Kier alpha value is -2.86. The van der Waals surface area contributed by atoms with Crippen molar-refractivity contribution in [2.24, 2.45) is 11.8 Å². The highest BCUT2D eigenvalue weighted by Crippen LogP contribution is 2.42. The Bertz CT molecular complexity index is 937. The fraction of sp³-hybridized carbons (Fsp3) is 0.333. The number of Topliss-reactive ketones (excluding diaryl/α,β-unsaturated/α-hetero) is 3. The lowest BCUT2D eigenvalue weighted by Gasteiger charge is -2.38. The lowest BCUT2D eigenvalue weighted by atomic mass is 9.66. The van der Waals surface area contributed by atoms with Gasteiger partial charge in [-0.1, -0.05) is 30.3 Å². The van der Waals surface area contributed by atoms with Crippen LogP contribution in [0.3, 0.4) is 0 Å². The number of carbonyl (C=O) groups is 3. The lowest BCUT2D eigenvalue weighted by Crippen LogP contribution is -2.49. The summed E-state index contributed by atoms with van der Waals surface area (Å²) in [6.07, 6.45) is -0.409. The second-order valence-corrected chi connectivity index (χ2v) is 6.88. The van der Waals surface area contributed by atoms with Crippen molar-refractivity contribution in [2.45, 2.75) is 18.9 Å². The average Bonchev–Trinajstić information content (AvgIpc) is 2.70. The van der Waals surface area contributed by atoms with Crippen LogP contribution in [-0.2, 0) is 9.53 Å². The molecule has 3 atom stereocenters. The molecule has 0 amide bonds. The zero-order valence-corrected chi connectivity index (χ0v) is 15.1. The van der Waals surface area contributed by atoms with E-state index in [-0.39, 0.29) is 41.4 Å². The molecule has 2 aromatic rings. The molecule has 1 heterocycles. The minimum Gasteiger partial charge on any atom is -0.496 e. The van der Waals surface area contributed by atoms with Gasteiger partial charge < -0.3 is 9.47 Å². The topological polar surface area (TPSA) is 82.6 Å². The van der Waals surface area contributed by atoms with Crippen molar-refractivity contribution in [3.05, 3.63) is 47.7 Å². The van der Waals surface area contributed by atoms with E-state index in [1.807, 2.05) is 30.3 Å². The molecule has 0 radical (unpaired) electrons. The molecule has 138 valence electrons. The van der Waals surface area contributed by atoms with E-state index in [1.54, 1.807) is 6.07 Å². The number of rotatable bonds is 3. The number of hydrogen-bond donors (Lipinski definition) is 0. The van der Waals surface area contributed by atoms with E-state index in [0.29, 0.717) is 11.4 Å². The first-order valence-electron chi connectivity index (χ1n) is 8.82. The fourth-order valence-corrected chi connectivity index (χ4v) is 4.10. The molecular formula is C21H19NO5. The van der Waals surface area contributed by atoms with Crippen molar-refractivity contribution >= 4 is 17.3 Å². The van der Waals surface area contributed by atoms with Gasteiger partial charge in [-0.25, -0.2) is 4.98 Å². The number of ketones is 3. The second-order valence-electron chi connectivity index (χ2n) is 6.88. The zero-order chi connectivity index (χ0) is 19.1. The van der Waals surface area contributed by atoms with E-state index in [9.17, 15) is 14.4 Å². The molecule has 1 aromatic heterocycles. The Morgan fingerprint density at radius 1 is 1.00 bits per heavy atom. The van der Waals surface area contributed by atoms with Gasteiger partial charge >= 0.3 is 0 Å². The molecule has 1 saturated carbocycles. The Morgan fingerprint density at radius 2 is 1.74 bits per heavy atom. The minimum absolute atomic E-state index is 0.0537. The number of hydrogen-bond acceptors (Lipinski definition) is 6. The first kappa shape index (κ1) is 17.5. The minimum atomic E-state index is -0.713. The van der Waals surface area contributed by atoms with Crippen molar-refractivity contribution in [1.82, 2.24) is 4.98 Å². The van der Waals surface area contributed by atoms with Crippen molar-refractivity contribution < 1.29 is 23.9 Å². The molecule has 0 N–H and O–H groups in total. The number of benzene rings is 1. The van der Waals surface area contributed by atoms with Crippen LogP contribution in [0.25, 0.3) is 11.3 Å². The Labute approximate surface area is 156 Å². The molecule has 1 aromatic carbocycles. The number of ether oxygens (including phenoxy) is 2. The molecule has 0 bridgehead atoms. The van der Waals surface area contributed by atoms with Crippen LogP contribution in [0.5, 0.6) is 5.75 Å². The highest BCUT2D eigenvalue weighted by Gasteiger charge is 2.51. The third kappa shape index (κ3) is 2.77. The summed E-state index contributed by atoms with van der Waals surface area (Å²) in [5.74, 6) is -1.69. The van der Waals surface area contributed by atoms with E-state index in [4.69, 9.17) is 9.47 Å². The molecule has 2 aliphatic carbocycles. The van der Waals surface area contributed by atoms with Gasteiger partial charge in [-0.3, -0.25) is 14.4 Å². The molecular weight excluding hydrogens is 346 g/mol. The van der Waals surface area contributed by atoms with Crippen LogP contribution in [0.4, 0.5) is 0 Å². The molecule has 1 fully saturated rings. The molecule has 2 aliphatic rings. The van der Waals surface area contributed by atoms with Gasteiger partial charge in [0.1, 0.15) is 17.2 Å². The quantitative estimate of drug-likeness (QED) is 0.832. The Kier molecular flexibility index (Phi) is 4.36. The molecule has 6 heteroatoms. The third-order valence-corrected chi connectivity index (χ3v) is 5.41. The van der Waals surface area contributed by atoms with Gasteiger partial charge in [0.2, 0.25) is 0 Å². The Balaban J connectivity index is 1.90. The number of methoxy groups -OCH3 is 2. The number of carbonyl (C=O) groups excluding carboxylic acids is 3. The van der Waals surface area contributed by atoms with Crippen LogP contribution in [0, 0.1) is 11.8 Å². The van der Waals surface area contributed by atoms with Gasteiger partial charge in [0.15, 0.2) is 11.6 Å². The maximum atomic E-state index is 13.3. The predicted octanol–water partition coefficient (Wildman–Crippen LogP) is 2.75. The monoisotopic (exact) mass is 365 g/mol. The van der Waals surface area contributed by atoms with Crippen molar-refractivity contribution in [3.63, 3.8) is 0 Å². The molecule has 0 unspecified atom stereocenters. The summed E-state index contributed by atoms with van der Waals surface area (Å²) in [5, 5.41) is 0. The van der Waals surface area contributed by atoms with Crippen molar-refractivity contribution in [2.75, 3.05) is 14.2 Å². The van der Waals surface area contributed by atoms with E-state index in [0.717, 1.165) is 5.56 Å². The number of nitrogens with zero attached hydrogens (tertiary/aromatic N) is 1. The molecule has 4 rings (SSSR count). The highest BCUT2D eigenvalue weighted by molar-refractivity contribution is 6.18. The van der Waals surface area contributed by atoms with Crippen LogP contribution in [0.15, 0.2) is 36.4 Å². The van der Waals surface area contributed by atoms with Gasteiger partial charge in [-0.2, -0.15) is 0 Å². The Morgan fingerprint density at radius 3 is 2.41 bits per heavy atom. The molecule has 0 spiro atoms. The summed E-state index contributed by atoms with van der Waals surface area (Å²) >= 11 is 0. The normalized spacial score (nSPS) is 24.4. The molecule has 0 aliphatic heterocycles. The SMILES string of the molecule is COc1cc(-c2ccccc2)nc2c1C(=O)[C@@H]1CC(=O)C[C@H](OC)[C@@H]1C2=O. The predicted molar refractivity (Wildman–Crippen MR) is 96.9 cm³/mol. The van der Waals surface area contributed by atoms with Crippen LogP contribution < -0.4 is 4.74 Å². The summed E-state index contributed by atoms with van der Waals surface area (Å²) in [7, 11) is 2.92. The van der Waals surface area contributed by atoms with E-state index in [1.165, 1.54) is 14.2 Å². The van der Waals surface area contributed by atoms with Gasteiger partial charge in [0.05, 0.1) is 30.4 Å². The number of fused-ring (bicyclic) bond motifs is 2. The maximum Gasteiger partial charge on any atom is 0.188 e. The largest absolute Gasteiger partial charge is 0.496 e. The van der Waals surface area contributed by atoms with Crippen molar-refractivity contribution in [1.29, 1.82) is 0 Å². The summed E-state index contributed by atoms with van der Waals surface area (Å²) in [6.45, 7) is 0. The average molecular weight is 365 g/mol. The van der Waals surface area contributed by atoms with Gasteiger partial charge in [0, 0.05) is 37.5 Å². The van der Waals surface area contributed by atoms with Gasteiger partial charge in [-0.05, 0) is 0 Å². The van der Waals surface area contributed by atoms with Crippen LogP contribution >= 0.6 is 0 Å². The molecule has 0 saturated heterocycles.